The maximum atomic E-state index is 11.0. The number of hydrogen-bond donors (Lipinski definition) is 1. The number of rotatable bonds is 11. The number of aliphatic carboxylic acids is 1. The zero-order chi connectivity index (χ0) is 22.1. The van der Waals surface area contributed by atoms with Gasteiger partial charge >= 0.3 is 5.97 Å². The van der Waals surface area contributed by atoms with Gasteiger partial charge in [0.1, 0.15) is 18.1 Å². The summed E-state index contributed by atoms with van der Waals surface area (Å²) in [5.74, 6) is 1.20. The maximum absolute atomic E-state index is 11.0. The first-order valence-corrected chi connectivity index (χ1v) is 10.2. The molecule has 0 aliphatic rings. The van der Waals surface area contributed by atoms with Crippen molar-refractivity contribution in [3.63, 3.8) is 0 Å². The SMILES string of the molecule is CCO/N=C(\CC(=O)O)Cc1ccc(OCCc2nc(-c3ccccc3)oc2C)cc1. The summed E-state index contributed by atoms with van der Waals surface area (Å²) in [7, 11) is 0. The van der Waals surface area contributed by atoms with Gasteiger partial charge in [-0.25, -0.2) is 4.98 Å². The van der Waals surface area contributed by atoms with Crippen LogP contribution in [0, 0.1) is 6.92 Å². The number of nitrogens with zero attached hydrogens (tertiary/aromatic N) is 2. The largest absolute Gasteiger partial charge is 0.493 e. The summed E-state index contributed by atoms with van der Waals surface area (Å²) in [6, 6.07) is 17.3. The lowest BCUT2D eigenvalue weighted by Crippen LogP contribution is -2.11. The molecule has 162 valence electrons. The van der Waals surface area contributed by atoms with Gasteiger partial charge < -0.3 is 19.1 Å². The lowest BCUT2D eigenvalue weighted by molar-refractivity contribution is -0.135. The molecule has 0 saturated heterocycles. The number of oxazole rings is 1. The number of aryl methyl sites for hydroxylation is 1. The second kappa shape index (κ2) is 11.0. The molecule has 1 aromatic heterocycles. The van der Waals surface area contributed by atoms with Gasteiger partial charge in [0.15, 0.2) is 0 Å². The van der Waals surface area contributed by atoms with Crippen LogP contribution in [0.1, 0.15) is 30.4 Å². The van der Waals surface area contributed by atoms with Crippen molar-refractivity contribution in [3.8, 4) is 17.2 Å². The Labute approximate surface area is 181 Å². The molecular formula is C24H26N2O5. The monoisotopic (exact) mass is 422 g/mol. The third-order valence-electron chi connectivity index (χ3n) is 4.53. The van der Waals surface area contributed by atoms with E-state index in [1.54, 1.807) is 6.92 Å². The molecule has 3 rings (SSSR count). The van der Waals surface area contributed by atoms with E-state index in [-0.39, 0.29) is 6.42 Å². The first-order valence-electron chi connectivity index (χ1n) is 10.2. The van der Waals surface area contributed by atoms with Crippen LogP contribution in [0.25, 0.3) is 11.5 Å². The molecule has 0 atom stereocenters. The van der Waals surface area contributed by atoms with Crippen LogP contribution < -0.4 is 4.74 Å². The van der Waals surface area contributed by atoms with Crippen LogP contribution in [0.5, 0.6) is 5.75 Å². The fourth-order valence-electron chi connectivity index (χ4n) is 3.03. The van der Waals surface area contributed by atoms with E-state index in [0.29, 0.717) is 37.7 Å². The van der Waals surface area contributed by atoms with Crippen LogP contribution in [-0.4, -0.2) is 35.0 Å². The molecule has 1 N–H and O–H groups in total. The fourth-order valence-corrected chi connectivity index (χ4v) is 3.03. The Kier molecular flexibility index (Phi) is 7.81. The van der Waals surface area contributed by atoms with E-state index in [9.17, 15) is 4.79 Å². The van der Waals surface area contributed by atoms with Crippen LogP contribution in [0.2, 0.25) is 0 Å². The Hall–Kier alpha value is -3.61. The molecule has 0 unspecified atom stereocenters. The number of carbonyl (C=O) groups is 1. The molecule has 1 heterocycles. The summed E-state index contributed by atoms with van der Waals surface area (Å²) in [5.41, 5.74) is 3.23. The Morgan fingerprint density at radius 1 is 1.13 bits per heavy atom. The van der Waals surface area contributed by atoms with Crippen LogP contribution in [-0.2, 0) is 22.5 Å². The fraction of sp³-hybridized carbons (Fsp3) is 0.292. The second-order valence-corrected chi connectivity index (χ2v) is 6.95. The molecule has 7 nitrogen and oxygen atoms in total. The zero-order valence-corrected chi connectivity index (χ0v) is 17.7. The number of aromatic nitrogens is 1. The molecule has 0 spiro atoms. The number of oxime groups is 1. The normalized spacial score (nSPS) is 11.4. The highest BCUT2D eigenvalue weighted by Gasteiger charge is 2.12. The molecule has 0 bridgehead atoms. The van der Waals surface area contributed by atoms with E-state index in [1.165, 1.54) is 0 Å². The van der Waals surface area contributed by atoms with Gasteiger partial charge in [-0.15, -0.1) is 0 Å². The molecule has 31 heavy (non-hydrogen) atoms. The van der Waals surface area contributed by atoms with Crippen molar-refractivity contribution in [1.29, 1.82) is 0 Å². The van der Waals surface area contributed by atoms with Crippen molar-refractivity contribution in [2.75, 3.05) is 13.2 Å². The molecule has 0 saturated carbocycles. The predicted molar refractivity (Wildman–Crippen MR) is 117 cm³/mol. The Morgan fingerprint density at radius 3 is 2.55 bits per heavy atom. The van der Waals surface area contributed by atoms with Gasteiger partial charge in [-0.1, -0.05) is 35.5 Å². The summed E-state index contributed by atoms with van der Waals surface area (Å²) in [5, 5.41) is 12.9. The average Bonchev–Trinajstić information content (AvgIpc) is 3.14. The topological polar surface area (TPSA) is 94.2 Å². The van der Waals surface area contributed by atoms with Gasteiger partial charge in [0.25, 0.3) is 0 Å². The molecule has 0 fully saturated rings. The zero-order valence-electron chi connectivity index (χ0n) is 17.7. The molecular weight excluding hydrogens is 396 g/mol. The third kappa shape index (κ3) is 6.70. The number of hydrogen-bond acceptors (Lipinski definition) is 6. The minimum atomic E-state index is -0.933. The van der Waals surface area contributed by atoms with E-state index in [4.69, 9.17) is 19.1 Å². The summed E-state index contributed by atoms with van der Waals surface area (Å²) in [6.07, 6.45) is 0.890. The Morgan fingerprint density at radius 2 is 1.87 bits per heavy atom. The number of carboxylic acids is 1. The minimum absolute atomic E-state index is 0.153. The third-order valence-corrected chi connectivity index (χ3v) is 4.53. The van der Waals surface area contributed by atoms with Crippen molar-refractivity contribution in [3.05, 3.63) is 71.6 Å². The van der Waals surface area contributed by atoms with Crippen molar-refractivity contribution >= 4 is 11.7 Å². The molecule has 7 heteroatoms. The van der Waals surface area contributed by atoms with E-state index >= 15 is 0 Å². The van der Waals surface area contributed by atoms with Crippen LogP contribution >= 0.6 is 0 Å². The van der Waals surface area contributed by atoms with Crippen molar-refractivity contribution in [2.45, 2.75) is 33.1 Å². The maximum Gasteiger partial charge on any atom is 0.309 e. The molecule has 0 aliphatic heterocycles. The number of ether oxygens (including phenoxy) is 1. The first kappa shape index (κ1) is 22.1. The van der Waals surface area contributed by atoms with Gasteiger partial charge in [-0.3, -0.25) is 4.79 Å². The standard InChI is InChI=1S/C24H26N2O5/c1-3-30-26-20(16-23(27)28)15-18-9-11-21(12-10-18)29-14-13-22-17(2)31-24(25-22)19-7-5-4-6-8-19/h4-12H,3,13-16H2,1-2H3,(H,27,28)/b26-20-. The smallest absolute Gasteiger partial charge is 0.309 e. The Balaban J connectivity index is 1.54. The van der Waals surface area contributed by atoms with Gasteiger partial charge in [0, 0.05) is 18.4 Å². The highest BCUT2D eigenvalue weighted by Crippen LogP contribution is 2.22. The van der Waals surface area contributed by atoms with Crippen molar-refractivity contribution < 1.29 is 23.9 Å². The van der Waals surface area contributed by atoms with Crippen molar-refractivity contribution in [2.24, 2.45) is 5.16 Å². The molecule has 3 aromatic rings. The van der Waals surface area contributed by atoms with E-state index in [1.807, 2.05) is 61.5 Å². The summed E-state index contributed by atoms with van der Waals surface area (Å²) in [6.45, 7) is 4.57. The van der Waals surface area contributed by atoms with E-state index in [2.05, 4.69) is 10.1 Å². The predicted octanol–water partition coefficient (Wildman–Crippen LogP) is 4.68. The number of carboxylic acid groups (broad SMARTS) is 1. The van der Waals surface area contributed by atoms with Gasteiger partial charge in [0.05, 0.1) is 24.4 Å². The summed E-state index contributed by atoms with van der Waals surface area (Å²) in [4.78, 5) is 20.6. The molecule has 0 aliphatic carbocycles. The minimum Gasteiger partial charge on any atom is -0.493 e. The first-order chi connectivity index (χ1) is 15.0. The molecule has 2 aromatic carbocycles. The van der Waals surface area contributed by atoms with E-state index in [0.717, 1.165) is 28.3 Å². The van der Waals surface area contributed by atoms with Gasteiger partial charge in [-0.05, 0) is 43.7 Å². The van der Waals surface area contributed by atoms with Crippen LogP contribution in [0.4, 0.5) is 0 Å². The van der Waals surface area contributed by atoms with Gasteiger partial charge in [-0.2, -0.15) is 0 Å². The average molecular weight is 422 g/mol. The quantitative estimate of drug-likeness (QED) is 0.356. The van der Waals surface area contributed by atoms with Crippen molar-refractivity contribution in [1.82, 2.24) is 4.98 Å². The van der Waals surface area contributed by atoms with E-state index < -0.39 is 5.97 Å². The summed E-state index contributed by atoms with van der Waals surface area (Å²) < 4.78 is 11.6. The number of benzene rings is 2. The molecule has 0 amide bonds. The highest BCUT2D eigenvalue weighted by atomic mass is 16.6. The van der Waals surface area contributed by atoms with Crippen LogP contribution in [0.15, 0.2) is 64.2 Å². The molecule has 0 radical (unpaired) electrons. The second-order valence-electron chi connectivity index (χ2n) is 6.95. The van der Waals surface area contributed by atoms with Gasteiger partial charge in [0.2, 0.25) is 5.89 Å². The summed E-state index contributed by atoms with van der Waals surface area (Å²) >= 11 is 0. The lowest BCUT2D eigenvalue weighted by atomic mass is 10.1. The Bertz CT molecular complexity index is 1010. The highest BCUT2D eigenvalue weighted by molar-refractivity contribution is 5.99. The lowest BCUT2D eigenvalue weighted by Gasteiger charge is -2.08. The van der Waals surface area contributed by atoms with Crippen LogP contribution in [0.3, 0.4) is 0 Å².